The van der Waals surface area contributed by atoms with Crippen molar-refractivity contribution in [2.24, 2.45) is 0 Å². The van der Waals surface area contributed by atoms with Gasteiger partial charge in [-0.15, -0.1) is 0 Å². The molecule has 0 bridgehead atoms. The Labute approximate surface area is 269 Å². The Morgan fingerprint density at radius 2 is 0.870 bits per heavy atom. The maximum absolute atomic E-state index is 14.0. The third-order valence-corrected chi connectivity index (χ3v) is 10.2. The summed E-state index contributed by atoms with van der Waals surface area (Å²) in [5.74, 6) is -0.899. The highest BCUT2D eigenvalue weighted by atomic mass is 32.2. The van der Waals surface area contributed by atoms with Crippen LogP contribution in [0.3, 0.4) is 0 Å². The molecule has 0 aliphatic heterocycles. The second kappa shape index (κ2) is 12.4. The summed E-state index contributed by atoms with van der Waals surface area (Å²) in [5, 5.41) is 6.30. The molecule has 10 nitrogen and oxygen atoms in total. The van der Waals surface area contributed by atoms with E-state index in [0.29, 0.717) is 33.6 Å². The normalized spacial score (nSPS) is 12.6. The number of fused-ring (bicyclic) bond motifs is 2. The number of carbonyl (C=O) groups excluding carboxylic acids is 2. The molecule has 12 heteroatoms. The van der Waals surface area contributed by atoms with Crippen LogP contribution >= 0.6 is 0 Å². The first kappa shape index (κ1) is 34.5. The maximum atomic E-state index is 14.0. The fourth-order valence-corrected chi connectivity index (χ4v) is 8.12. The Hall–Kier alpha value is -4.36. The number of ketones is 2. The summed E-state index contributed by atoms with van der Waals surface area (Å²) >= 11 is 0. The molecular formula is C34H36N2O8S2. The molecule has 242 valence electrons. The van der Waals surface area contributed by atoms with Gasteiger partial charge >= 0.3 is 0 Å². The fourth-order valence-electron chi connectivity index (χ4n) is 6.21. The van der Waals surface area contributed by atoms with E-state index in [-0.39, 0.29) is 54.5 Å². The van der Waals surface area contributed by atoms with E-state index >= 15 is 0 Å². The van der Waals surface area contributed by atoms with Crippen molar-refractivity contribution in [3.05, 3.63) is 104 Å². The summed E-state index contributed by atoms with van der Waals surface area (Å²) in [6, 6.07) is 12.7. The number of hydrogen-bond acceptors (Lipinski definition) is 8. The molecule has 4 aromatic carbocycles. The van der Waals surface area contributed by atoms with Crippen LogP contribution in [0.25, 0.3) is 0 Å². The highest BCUT2D eigenvalue weighted by Crippen LogP contribution is 2.42. The van der Waals surface area contributed by atoms with Gasteiger partial charge < -0.3 is 10.6 Å². The monoisotopic (exact) mass is 664 g/mol. The third kappa shape index (κ3) is 5.96. The summed E-state index contributed by atoms with van der Waals surface area (Å²) in [7, 11) is -9.14. The van der Waals surface area contributed by atoms with E-state index < -0.39 is 31.8 Å². The summed E-state index contributed by atoms with van der Waals surface area (Å²) in [5.41, 5.74) is 4.04. The van der Waals surface area contributed by atoms with E-state index in [1.807, 2.05) is 13.8 Å². The first-order valence-corrected chi connectivity index (χ1v) is 17.4. The second-order valence-electron chi connectivity index (χ2n) is 11.0. The van der Waals surface area contributed by atoms with Crippen LogP contribution in [0, 0.1) is 41.5 Å². The molecule has 0 saturated carbocycles. The first-order valence-electron chi connectivity index (χ1n) is 14.5. The van der Waals surface area contributed by atoms with E-state index in [2.05, 4.69) is 10.6 Å². The molecular weight excluding hydrogens is 629 g/mol. The average Bonchev–Trinajstić information content (AvgIpc) is 2.95. The number of anilines is 4. The van der Waals surface area contributed by atoms with Crippen LogP contribution in [-0.4, -0.2) is 37.5 Å². The van der Waals surface area contributed by atoms with Crippen LogP contribution in [0.2, 0.25) is 0 Å². The Bertz CT molecular complexity index is 2020. The second-order valence-corrected chi connectivity index (χ2v) is 13.7. The number of rotatable bonds is 6. The molecule has 0 heterocycles. The molecule has 0 radical (unpaired) electrons. The summed E-state index contributed by atoms with van der Waals surface area (Å²) < 4.78 is 68.6. The lowest BCUT2D eigenvalue weighted by Gasteiger charge is -2.26. The van der Waals surface area contributed by atoms with Gasteiger partial charge in [0.15, 0.2) is 11.6 Å². The molecule has 0 fully saturated rings. The minimum absolute atomic E-state index is 0.0314. The molecule has 0 spiro atoms. The summed E-state index contributed by atoms with van der Waals surface area (Å²) in [4.78, 5) is 27.5. The van der Waals surface area contributed by atoms with Crippen LogP contribution in [0.15, 0.2) is 58.3 Å². The fraction of sp³-hybridized carbons (Fsp3) is 0.235. The number of nitrogens with one attached hydrogen (secondary N) is 2. The van der Waals surface area contributed by atoms with Gasteiger partial charge in [0.25, 0.3) is 20.2 Å². The highest BCUT2D eigenvalue weighted by molar-refractivity contribution is 7.86. The van der Waals surface area contributed by atoms with Crippen LogP contribution in [0.4, 0.5) is 22.7 Å². The van der Waals surface area contributed by atoms with Crippen molar-refractivity contribution < 1.29 is 35.5 Å². The van der Waals surface area contributed by atoms with Crippen LogP contribution in [0.1, 0.15) is 79.1 Å². The number of hydrogen-bond donors (Lipinski definition) is 4. The number of aryl methyl sites for hydroxylation is 4. The molecule has 0 unspecified atom stereocenters. The lowest BCUT2D eigenvalue weighted by atomic mass is 9.82. The SMILES string of the molecule is CC.Cc1cc(C)c(S(=O)(=O)O)c(C)c1Nc1ccc(Nc2c(C)cc(C)c(S(=O)(=O)O)c2C)c2c1C(=O)c1ccccc1C2=O. The number of carbonyl (C=O) groups is 2. The average molecular weight is 665 g/mol. The zero-order valence-electron chi connectivity index (χ0n) is 26.8. The predicted octanol–water partition coefficient (Wildman–Crippen LogP) is 7.32. The largest absolute Gasteiger partial charge is 0.354 e. The topological polar surface area (TPSA) is 167 Å². The summed E-state index contributed by atoms with van der Waals surface area (Å²) in [6.45, 7) is 13.7. The molecule has 1 aliphatic carbocycles. The lowest BCUT2D eigenvalue weighted by Crippen LogP contribution is -2.24. The Kier molecular flexibility index (Phi) is 9.34. The number of benzene rings is 4. The third-order valence-electron chi connectivity index (χ3n) is 7.91. The highest BCUT2D eigenvalue weighted by Gasteiger charge is 2.35. The van der Waals surface area contributed by atoms with Gasteiger partial charge in [-0.2, -0.15) is 16.8 Å². The van der Waals surface area contributed by atoms with Crippen molar-refractivity contribution in [3.63, 3.8) is 0 Å². The zero-order valence-corrected chi connectivity index (χ0v) is 28.4. The van der Waals surface area contributed by atoms with E-state index in [0.717, 1.165) is 0 Å². The Morgan fingerprint density at radius 1 is 0.543 bits per heavy atom. The van der Waals surface area contributed by atoms with Gasteiger partial charge in [-0.25, -0.2) is 0 Å². The quantitative estimate of drug-likeness (QED) is 0.135. The molecule has 1 aliphatic rings. The minimum Gasteiger partial charge on any atom is -0.354 e. The van der Waals surface area contributed by atoms with Gasteiger partial charge in [0, 0.05) is 22.5 Å². The van der Waals surface area contributed by atoms with Gasteiger partial charge in [-0.3, -0.25) is 18.7 Å². The lowest BCUT2D eigenvalue weighted by molar-refractivity contribution is 0.0980. The molecule has 0 atom stereocenters. The van der Waals surface area contributed by atoms with Crippen LogP contribution in [0.5, 0.6) is 0 Å². The van der Waals surface area contributed by atoms with Gasteiger partial charge in [0.2, 0.25) is 0 Å². The molecule has 0 aromatic heterocycles. The van der Waals surface area contributed by atoms with Gasteiger partial charge in [0.1, 0.15) is 9.79 Å². The maximum Gasteiger partial charge on any atom is 0.295 e. The minimum atomic E-state index is -4.57. The van der Waals surface area contributed by atoms with Crippen molar-refractivity contribution >= 4 is 54.6 Å². The van der Waals surface area contributed by atoms with E-state index in [1.165, 1.54) is 13.8 Å². The standard InChI is InChI=1S/C32H30N2O8S2.C2H6/c1-15-13-17(3)31(43(37,38)39)19(5)27(15)33-23-11-12-24(26-25(23)29(35)21-9-7-8-10-22(21)30(26)36)34-28-16(2)14-18(4)32(20(28)6)44(40,41)42;1-2/h7-14,33-34H,1-6H3,(H,37,38,39)(H,40,41,42);1-2H3. The van der Waals surface area contributed by atoms with Crippen molar-refractivity contribution in [3.8, 4) is 0 Å². The van der Waals surface area contributed by atoms with Crippen molar-refractivity contribution in [1.82, 2.24) is 0 Å². The van der Waals surface area contributed by atoms with Crippen molar-refractivity contribution in [2.45, 2.75) is 65.2 Å². The molecule has 4 N–H and O–H groups in total. The van der Waals surface area contributed by atoms with Gasteiger partial charge in [-0.1, -0.05) is 50.2 Å². The molecule has 4 aromatic rings. The molecule has 5 rings (SSSR count). The first-order chi connectivity index (χ1) is 21.4. The Balaban J connectivity index is 0.00000235. The predicted molar refractivity (Wildman–Crippen MR) is 179 cm³/mol. The van der Waals surface area contributed by atoms with E-state index in [9.17, 15) is 35.5 Å². The van der Waals surface area contributed by atoms with Crippen LogP contribution in [-0.2, 0) is 20.2 Å². The van der Waals surface area contributed by atoms with Crippen molar-refractivity contribution in [1.29, 1.82) is 0 Å². The van der Waals surface area contributed by atoms with E-state index in [1.54, 1.807) is 76.2 Å². The van der Waals surface area contributed by atoms with E-state index in [4.69, 9.17) is 0 Å². The van der Waals surface area contributed by atoms with Crippen molar-refractivity contribution in [2.75, 3.05) is 10.6 Å². The molecule has 46 heavy (non-hydrogen) atoms. The molecule has 0 saturated heterocycles. The van der Waals surface area contributed by atoms with Gasteiger partial charge in [0.05, 0.1) is 22.5 Å². The van der Waals surface area contributed by atoms with Gasteiger partial charge in [-0.05, 0) is 87.1 Å². The molecule has 0 amide bonds. The Morgan fingerprint density at radius 3 is 1.17 bits per heavy atom. The van der Waals surface area contributed by atoms with Crippen LogP contribution < -0.4 is 10.6 Å². The smallest absolute Gasteiger partial charge is 0.295 e. The summed E-state index contributed by atoms with van der Waals surface area (Å²) in [6.07, 6.45) is 0. The zero-order chi connectivity index (χ0) is 34.5.